The van der Waals surface area contributed by atoms with E-state index in [1.165, 1.54) is 10.6 Å². The zero-order valence-corrected chi connectivity index (χ0v) is 17.4. The van der Waals surface area contributed by atoms with E-state index < -0.39 is 28.3 Å². The van der Waals surface area contributed by atoms with E-state index in [9.17, 15) is 24.6 Å². The molecule has 2 aromatic heterocycles. The highest BCUT2D eigenvalue weighted by Crippen LogP contribution is 2.28. The minimum Gasteiger partial charge on any atom is -0.506 e. The summed E-state index contributed by atoms with van der Waals surface area (Å²) in [4.78, 5) is 40.9. The number of nitrogens with zero attached hydrogens (tertiary/aromatic N) is 1. The number of allylic oxidation sites excluding steroid dienone is 1. The number of carbonyl (C=O) groups excluding carboxylic acids is 1. The molecule has 4 aromatic rings. The van der Waals surface area contributed by atoms with Gasteiger partial charge in [0, 0.05) is 17.3 Å². The van der Waals surface area contributed by atoms with E-state index in [0.717, 1.165) is 0 Å². The molecule has 0 unspecified atom stereocenters. The summed E-state index contributed by atoms with van der Waals surface area (Å²) in [7, 11) is 0. The van der Waals surface area contributed by atoms with Gasteiger partial charge in [0.25, 0.3) is 17.0 Å². The summed E-state index contributed by atoms with van der Waals surface area (Å²) < 4.78 is 1.31. The zero-order valence-electron chi connectivity index (χ0n) is 17.4. The third kappa shape index (κ3) is 3.61. The molecule has 9 heteroatoms. The maximum atomic E-state index is 13.0. The van der Waals surface area contributed by atoms with Gasteiger partial charge in [0.2, 0.25) is 0 Å². The standard InChI is InChI=1S/C24H20N4O5/c1-3-12-28-17-11-7-5-9-15(17)21(30)19(24(28)33)23(32)27-26-13(2)18-20(29)14-8-4-6-10-16(14)25-22(18)31/h3-11,26,30H,1-2,12H2,(H,27,32)(H2,25,29,31). The first-order valence-electron chi connectivity index (χ1n) is 9.90. The lowest BCUT2D eigenvalue weighted by molar-refractivity contribution is 0.0938. The molecule has 9 nitrogen and oxygen atoms in total. The van der Waals surface area contributed by atoms with Crippen molar-refractivity contribution in [1.29, 1.82) is 0 Å². The molecule has 0 bridgehead atoms. The van der Waals surface area contributed by atoms with Gasteiger partial charge in [-0.25, -0.2) is 0 Å². The van der Waals surface area contributed by atoms with Crippen LogP contribution in [0.3, 0.4) is 0 Å². The molecular weight excluding hydrogens is 424 g/mol. The molecular formula is C24H20N4O5. The van der Waals surface area contributed by atoms with E-state index in [-0.39, 0.29) is 23.6 Å². The van der Waals surface area contributed by atoms with E-state index in [0.29, 0.717) is 21.8 Å². The van der Waals surface area contributed by atoms with Gasteiger partial charge >= 0.3 is 0 Å². The molecule has 5 N–H and O–H groups in total. The van der Waals surface area contributed by atoms with Crippen LogP contribution in [0.2, 0.25) is 0 Å². The van der Waals surface area contributed by atoms with Crippen molar-refractivity contribution in [1.82, 2.24) is 20.4 Å². The normalized spacial score (nSPS) is 10.8. The molecule has 0 saturated heterocycles. The number of nitrogens with one attached hydrogen (secondary N) is 3. The summed E-state index contributed by atoms with van der Waals surface area (Å²) in [6.45, 7) is 7.45. The van der Waals surface area contributed by atoms with E-state index in [2.05, 4.69) is 29.0 Å². The number of fused-ring (bicyclic) bond motifs is 2. The molecule has 1 amide bonds. The maximum absolute atomic E-state index is 13.0. The maximum Gasteiger partial charge on any atom is 0.279 e. The number of rotatable bonds is 6. The van der Waals surface area contributed by atoms with Crippen LogP contribution in [0.15, 0.2) is 77.4 Å². The van der Waals surface area contributed by atoms with Gasteiger partial charge < -0.3 is 19.8 Å². The minimum atomic E-state index is -0.945. The molecule has 0 radical (unpaired) electrons. The lowest BCUT2D eigenvalue weighted by Crippen LogP contribution is -2.40. The van der Waals surface area contributed by atoms with Crippen LogP contribution in [0.25, 0.3) is 27.5 Å². The van der Waals surface area contributed by atoms with Crippen molar-refractivity contribution in [3.05, 3.63) is 99.6 Å². The fraction of sp³-hybridized carbons (Fsp3) is 0.0417. The van der Waals surface area contributed by atoms with Gasteiger partial charge in [-0.2, -0.15) is 0 Å². The predicted molar refractivity (Wildman–Crippen MR) is 126 cm³/mol. The summed E-state index contributed by atoms with van der Waals surface area (Å²) in [5, 5.41) is 21.9. The summed E-state index contributed by atoms with van der Waals surface area (Å²) >= 11 is 0. The van der Waals surface area contributed by atoms with Crippen LogP contribution in [-0.2, 0) is 6.54 Å². The van der Waals surface area contributed by atoms with Crippen molar-refractivity contribution in [3.63, 3.8) is 0 Å². The molecule has 0 aliphatic rings. The van der Waals surface area contributed by atoms with Crippen molar-refractivity contribution in [2.45, 2.75) is 6.54 Å². The third-order valence-corrected chi connectivity index (χ3v) is 5.21. The fourth-order valence-corrected chi connectivity index (χ4v) is 3.67. The highest BCUT2D eigenvalue weighted by Gasteiger charge is 2.22. The number of para-hydroxylation sites is 2. The van der Waals surface area contributed by atoms with Crippen LogP contribution in [0.5, 0.6) is 11.5 Å². The van der Waals surface area contributed by atoms with Gasteiger partial charge in [-0.3, -0.25) is 25.2 Å². The number of aromatic amines is 1. The summed E-state index contributed by atoms with van der Waals surface area (Å²) in [5.41, 5.74) is 3.46. The molecule has 4 rings (SSSR count). The SMILES string of the molecule is C=CCn1c(=O)c(C(=O)NNC(=C)c2c(O)c3ccccc3[nH]c2=O)c(O)c2ccccc21. The van der Waals surface area contributed by atoms with Gasteiger partial charge in [-0.15, -0.1) is 6.58 Å². The van der Waals surface area contributed by atoms with Crippen LogP contribution in [0.1, 0.15) is 15.9 Å². The Bertz CT molecular complexity index is 1570. The number of hydrogen-bond acceptors (Lipinski definition) is 6. The van der Waals surface area contributed by atoms with Gasteiger partial charge in [-0.05, 0) is 24.3 Å². The lowest BCUT2D eigenvalue weighted by atomic mass is 10.1. The Morgan fingerprint density at radius 2 is 1.61 bits per heavy atom. The second-order valence-corrected chi connectivity index (χ2v) is 7.23. The minimum absolute atomic E-state index is 0.112. The predicted octanol–water partition coefficient (Wildman–Crippen LogP) is 2.35. The molecule has 0 aliphatic heterocycles. The number of carbonyl (C=O) groups is 1. The molecule has 2 heterocycles. The third-order valence-electron chi connectivity index (χ3n) is 5.21. The Hall–Kier alpha value is -4.79. The van der Waals surface area contributed by atoms with Crippen LogP contribution in [-0.4, -0.2) is 25.7 Å². The van der Waals surface area contributed by atoms with Crippen LogP contribution in [0.4, 0.5) is 0 Å². The van der Waals surface area contributed by atoms with Gasteiger partial charge in [-0.1, -0.05) is 36.9 Å². The lowest BCUT2D eigenvalue weighted by Gasteiger charge is -2.15. The number of pyridine rings is 2. The molecule has 33 heavy (non-hydrogen) atoms. The summed E-state index contributed by atoms with van der Waals surface area (Å²) in [5.74, 6) is -1.74. The second-order valence-electron chi connectivity index (χ2n) is 7.23. The van der Waals surface area contributed by atoms with Crippen molar-refractivity contribution in [2.24, 2.45) is 0 Å². The highest BCUT2D eigenvalue weighted by atomic mass is 16.3. The number of hydrogen-bond donors (Lipinski definition) is 5. The van der Waals surface area contributed by atoms with Crippen LogP contribution < -0.4 is 22.0 Å². The first-order valence-corrected chi connectivity index (χ1v) is 9.90. The topological polar surface area (TPSA) is 136 Å². The van der Waals surface area contributed by atoms with Crippen molar-refractivity contribution in [2.75, 3.05) is 0 Å². The number of aromatic nitrogens is 2. The summed E-state index contributed by atoms with van der Waals surface area (Å²) in [6.07, 6.45) is 1.50. The van der Waals surface area contributed by atoms with E-state index in [1.807, 2.05) is 0 Å². The number of H-pyrrole nitrogens is 1. The van der Waals surface area contributed by atoms with E-state index in [4.69, 9.17) is 0 Å². The molecule has 0 aliphatic carbocycles. The molecule has 0 saturated carbocycles. The highest BCUT2D eigenvalue weighted by molar-refractivity contribution is 6.02. The Morgan fingerprint density at radius 3 is 2.33 bits per heavy atom. The Balaban J connectivity index is 1.68. The van der Waals surface area contributed by atoms with Gasteiger partial charge in [0.05, 0.1) is 16.7 Å². The Morgan fingerprint density at radius 1 is 0.970 bits per heavy atom. The van der Waals surface area contributed by atoms with Gasteiger partial charge in [0.15, 0.2) is 0 Å². The van der Waals surface area contributed by atoms with Crippen molar-refractivity contribution in [3.8, 4) is 11.5 Å². The molecule has 166 valence electrons. The average Bonchev–Trinajstić information content (AvgIpc) is 2.80. The smallest absolute Gasteiger partial charge is 0.279 e. The number of hydrazine groups is 1. The first kappa shape index (κ1) is 21.4. The number of amides is 1. The Labute approximate surface area is 186 Å². The quantitative estimate of drug-likeness (QED) is 0.229. The average molecular weight is 444 g/mol. The zero-order chi connectivity index (χ0) is 23.7. The fourth-order valence-electron chi connectivity index (χ4n) is 3.67. The number of aromatic hydroxyl groups is 2. The van der Waals surface area contributed by atoms with Crippen molar-refractivity contribution >= 4 is 33.4 Å². The number of benzene rings is 2. The largest absolute Gasteiger partial charge is 0.506 e. The van der Waals surface area contributed by atoms with Crippen molar-refractivity contribution < 1.29 is 15.0 Å². The van der Waals surface area contributed by atoms with Crippen LogP contribution >= 0.6 is 0 Å². The molecule has 0 fully saturated rings. The molecule has 0 atom stereocenters. The molecule has 0 spiro atoms. The first-order chi connectivity index (χ1) is 15.8. The van der Waals surface area contributed by atoms with E-state index >= 15 is 0 Å². The van der Waals surface area contributed by atoms with Gasteiger partial charge in [0.1, 0.15) is 22.6 Å². The second kappa shape index (κ2) is 8.39. The monoisotopic (exact) mass is 444 g/mol. The van der Waals surface area contributed by atoms with Crippen LogP contribution in [0, 0.1) is 0 Å². The molecule has 2 aromatic carbocycles. The summed E-state index contributed by atoms with van der Waals surface area (Å²) in [6, 6.07) is 13.3. The van der Waals surface area contributed by atoms with E-state index in [1.54, 1.807) is 48.5 Å². The Kier molecular flexibility index (Phi) is 5.45.